The highest BCUT2D eigenvalue weighted by Crippen LogP contribution is 2.20. The van der Waals surface area contributed by atoms with Gasteiger partial charge in [0.15, 0.2) is 5.03 Å². The molecule has 0 amide bonds. The van der Waals surface area contributed by atoms with E-state index in [1.807, 2.05) is 0 Å². The second kappa shape index (κ2) is 2.53. The van der Waals surface area contributed by atoms with Crippen LogP contribution in [-0.4, -0.2) is 19.0 Å². The molecule has 0 heterocycles. The first-order valence-corrected chi connectivity index (χ1v) is 3.38. The van der Waals surface area contributed by atoms with Gasteiger partial charge < -0.3 is 0 Å². The van der Waals surface area contributed by atoms with Gasteiger partial charge in [-0.05, 0) is 4.83 Å². The van der Waals surface area contributed by atoms with Gasteiger partial charge in [-0.3, -0.25) is 0 Å². The summed E-state index contributed by atoms with van der Waals surface area (Å²) in [5, 5.41) is 7.47. The molecule has 0 spiro atoms. The highest BCUT2D eigenvalue weighted by Gasteiger charge is 2.49. The molecule has 0 fully saturated rings. The lowest BCUT2D eigenvalue weighted by Gasteiger charge is -2.02. The molecule has 0 radical (unpaired) electrons. The van der Waals surface area contributed by atoms with E-state index < -0.39 is 20.6 Å². The van der Waals surface area contributed by atoms with Gasteiger partial charge in [-0.2, -0.15) is 21.6 Å². The Morgan fingerprint density at radius 2 is 1.73 bits per heavy atom. The van der Waals surface area contributed by atoms with Crippen LogP contribution in [0.4, 0.5) is 13.2 Å². The number of hydrogen-bond acceptors (Lipinski definition) is 4. The van der Waals surface area contributed by atoms with Gasteiger partial charge in [0.25, 0.3) is 0 Å². The molecule has 0 aliphatic carbocycles. The van der Waals surface area contributed by atoms with Gasteiger partial charge in [-0.1, -0.05) is 0 Å². The standard InChI is InChI=1S/CHF3N2O4S/c2-1(3,4)11(9,10)5-6(7)8/h5H. The molecule has 0 saturated heterocycles. The van der Waals surface area contributed by atoms with Crippen LogP contribution < -0.4 is 4.83 Å². The summed E-state index contributed by atoms with van der Waals surface area (Å²) in [6.07, 6.45) is 0. The van der Waals surface area contributed by atoms with Gasteiger partial charge in [-0.25, -0.2) is 10.1 Å². The summed E-state index contributed by atoms with van der Waals surface area (Å²) in [6, 6.07) is 0. The van der Waals surface area contributed by atoms with Crippen molar-refractivity contribution in [1.29, 1.82) is 0 Å². The van der Waals surface area contributed by atoms with Crippen molar-refractivity contribution in [2.75, 3.05) is 0 Å². The first-order chi connectivity index (χ1) is 4.67. The van der Waals surface area contributed by atoms with Crippen LogP contribution in [0.25, 0.3) is 0 Å². The third-order valence-electron chi connectivity index (χ3n) is 0.499. The molecule has 0 unspecified atom stereocenters. The first-order valence-electron chi connectivity index (χ1n) is 1.90. The number of nitrogens with one attached hydrogen (secondary N) is 1. The van der Waals surface area contributed by atoms with Crippen LogP contribution in [0.15, 0.2) is 0 Å². The van der Waals surface area contributed by atoms with Crippen LogP contribution in [0.3, 0.4) is 0 Å². The second-order valence-electron chi connectivity index (χ2n) is 1.30. The summed E-state index contributed by atoms with van der Waals surface area (Å²) in [7, 11) is -5.85. The van der Waals surface area contributed by atoms with Gasteiger partial charge >= 0.3 is 15.5 Å². The number of nitro groups is 1. The van der Waals surface area contributed by atoms with Crippen molar-refractivity contribution in [3.63, 3.8) is 0 Å². The molecule has 6 nitrogen and oxygen atoms in total. The zero-order valence-corrected chi connectivity index (χ0v) is 5.44. The zero-order chi connectivity index (χ0) is 9.28. The fourth-order valence-electron chi connectivity index (χ4n) is 0.150. The van der Waals surface area contributed by atoms with E-state index in [0.717, 1.165) is 0 Å². The lowest BCUT2D eigenvalue weighted by atomic mass is 11.6. The third-order valence-corrected chi connectivity index (χ3v) is 1.50. The minimum Gasteiger partial charge on any atom is -0.234 e. The minimum absolute atomic E-state index is 0.128. The Labute approximate surface area is 58.2 Å². The molecule has 0 saturated carbocycles. The molecule has 0 rings (SSSR count). The maximum atomic E-state index is 11.2. The molecule has 0 aromatic rings. The average Bonchev–Trinajstić information content (AvgIpc) is 1.56. The predicted molar refractivity (Wildman–Crippen MR) is 25.1 cm³/mol. The highest BCUT2D eigenvalue weighted by atomic mass is 32.2. The van der Waals surface area contributed by atoms with Crippen molar-refractivity contribution < 1.29 is 26.6 Å². The number of nitrogens with zero attached hydrogens (tertiary/aromatic N) is 1. The van der Waals surface area contributed by atoms with E-state index >= 15 is 0 Å². The minimum atomic E-state index is -5.85. The lowest BCUT2D eigenvalue weighted by Crippen LogP contribution is -2.39. The first kappa shape index (κ1) is 9.94. The van der Waals surface area contributed by atoms with E-state index in [1.165, 1.54) is 0 Å². The fourth-order valence-corrected chi connectivity index (χ4v) is 0.450. The molecule has 0 aromatic heterocycles. The third kappa shape index (κ3) is 2.57. The quantitative estimate of drug-likeness (QED) is 0.479. The van der Waals surface area contributed by atoms with Gasteiger partial charge in [0.1, 0.15) is 0 Å². The molecule has 0 aromatic carbocycles. The molecule has 0 aliphatic heterocycles. The maximum absolute atomic E-state index is 11.2. The van der Waals surface area contributed by atoms with Gasteiger partial charge in [-0.15, -0.1) is 0 Å². The molecular formula is CHF3N2O4S. The van der Waals surface area contributed by atoms with E-state index in [0.29, 0.717) is 0 Å². The number of sulfonamides is 1. The Balaban J connectivity index is 4.64. The Kier molecular flexibility index (Phi) is 2.28. The summed E-state index contributed by atoms with van der Waals surface area (Å²) in [6.45, 7) is 0. The number of alkyl halides is 3. The molecule has 0 bridgehead atoms. The summed E-state index contributed by atoms with van der Waals surface area (Å²) < 4.78 is 53.3. The summed E-state index contributed by atoms with van der Waals surface area (Å²) in [4.78, 5) is 9.41. The van der Waals surface area contributed by atoms with Gasteiger partial charge in [0.2, 0.25) is 0 Å². The molecular weight excluding hydrogens is 193 g/mol. The van der Waals surface area contributed by atoms with E-state index in [4.69, 9.17) is 0 Å². The van der Waals surface area contributed by atoms with Crippen LogP contribution in [0.2, 0.25) is 0 Å². The Bertz CT molecular complexity index is 253. The van der Waals surface area contributed by atoms with E-state index in [2.05, 4.69) is 0 Å². The van der Waals surface area contributed by atoms with Crippen molar-refractivity contribution in [1.82, 2.24) is 4.83 Å². The monoisotopic (exact) mass is 194 g/mol. The van der Waals surface area contributed by atoms with E-state index in [1.54, 1.807) is 0 Å². The molecule has 0 aliphatic rings. The molecule has 11 heavy (non-hydrogen) atoms. The number of hydrazine groups is 1. The van der Waals surface area contributed by atoms with Crippen molar-refractivity contribution in [3.05, 3.63) is 10.1 Å². The summed E-state index contributed by atoms with van der Waals surface area (Å²) in [5.74, 6) is 0. The average molecular weight is 194 g/mol. The topological polar surface area (TPSA) is 89.3 Å². The van der Waals surface area contributed by atoms with Crippen LogP contribution in [-0.2, 0) is 10.0 Å². The Morgan fingerprint density at radius 3 is 1.82 bits per heavy atom. The van der Waals surface area contributed by atoms with Crippen molar-refractivity contribution in [2.24, 2.45) is 0 Å². The number of halogens is 3. The van der Waals surface area contributed by atoms with Crippen molar-refractivity contribution in [2.45, 2.75) is 5.51 Å². The summed E-state index contributed by atoms with van der Waals surface area (Å²) >= 11 is 0. The van der Waals surface area contributed by atoms with Crippen molar-refractivity contribution in [3.8, 4) is 0 Å². The molecule has 10 heteroatoms. The maximum Gasteiger partial charge on any atom is 0.521 e. The molecule has 1 N–H and O–H groups in total. The molecule has 0 atom stereocenters. The van der Waals surface area contributed by atoms with E-state index in [9.17, 15) is 31.7 Å². The normalized spacial score (nSPS) is 12.6. The van der Waals surface area contributed by atoms with Crippen LogP contribution in [0, 0.1) is 10.1 Å². The highest BCUT2D eigenvalue weighted by molar-refractivity contribution is 7.90. The van der Waals surface area contributed by atoms with Gasteiger partial charge in [0.05, 0.1) is 0 Å². The van der Waals surface area contributed by atoms with Gasteiger partial charge in [0, 0.05) is 0 Å². The Hall–Kier alpha value is -1.06. The zero-order valence-electron chi connectivity index (χ0n) is 4.62. The lowest BCUT2D eigenvalue weighted by molar-refractivity contribution is -0.519. The second-order valence-corrected chi connectivity index (χ2v) is 2.95. The predicted octanol–water partition coefficient (Wildman–Crippen LogP) is -0.383. The smallest absolute Gasteiger partial charge is 0.234 e. The largest absolute Gasteiger partial charge is 0.521 e. The van der Waals surface area contributed by atoms with Crippen LogP contribution in [0.5, 0.6) is 0 Å². The summed E-state index contributed by atoms with van der Waals surface area (Å²) in [5.41, 5.74) is -5.65. The number of hydrogen-bond donors (Lipinski definition) is 1. The molecule has 66 valence electrons. The Morgan fingerprint density at radius 1 is 1.36 bits per heavy atom. The van der Waals surface area contributed by atoms with E-state index in [-0.39, 0.29) is 4.83 Å². The van der Waals surface area contributed by atoms with Crippen molar-refractivity contribution >= 4 is 10.0 Å². The number of rotatable bonds is 2. The van der Waals surface area contributed by atoms with Crippen LogP contribution >= 0.6 is 0 Å². The fraction of sp³-hybridized carbons (Fsp3) is 1.00. The SMILES string of the molecule is O=[N+]([O-])NS(=O)(=O)C(F)(F)F. The van der Waals surface area contributed by atoms with Crippen LogP contribution in [0.1, 0.15) is 0 Å².